The zero-order valence-corrected chi connectivity index (χ0v) is 13.0. The molecule has 23 heavy (non-hydrogen) atoms. The van der Waals surface area contributed by atoms with Gasteiger partial charge in [-0.1, -0.05) is 25.9 Å². The van der Waals surface area contributed by atoms with Crippen LogP contribution < -0.4 is 5.32 Å². The summed E-state index contributed by atoms with van der Waals surface area (Å²) in [5.41, 5.74) is 0.0105. The van der Waals surface area contributed by atoms with Crippen molar-refractivity contribution in [1.82, 2.24) is 10.1 Å². The summed E-state index contributed by atoms with van der Waals surface area (Å²) in [5.74, 6) is -0.830. The van der Waals surface area contributed by atoms with Crippen LogP contribution in [0, 0.1) is 5.41 Å². The summed E-state index contributed by atoms with van der Waals surface area (Å²) in [6, 6.07) is 4.51. The van der Waals surface area contributed by atoms with Gasteiger partial charge in [0.15, 0.2) is 11.5 Å². The van der Waals surface area contributed by atoms with Crippen LogP contribution in [0.2, 0.25) is 0 Å². The lowest BCUT2D eigenvalue weighted by atomic mass is 9.99. The normalized spacial score (nSPS) is 11.1. The number of carbonyl (C=O) groups is 2. The first-order valence-corrected chi connectivity index (χ1v) is 6.85. The van der Waals surface area contributed by atoms with Crippen LogP contribution in [0.25, 0.3) is 11.3 Å². The predicted molar refractivity (Wildman–Crippen MR) is 81.1 cm³/mol. The number of hydrogen-bond acceptors (Lipinski definition) is 6. The molecule has 0 unspecified atom stereocenters. The second-order valence-electron chi connectivity index (χ2n) is 6.04. The first kappa shape index (κ1) is 16.5. The van der Waals surface area contributed by atoms with E-state index in [0.717, 1.165) is 0 Å². The highest BCUT2D eigenvalue weighted by Gasteiger charge is 2.18. The Morgan fingerprint density at radius 2 is 2.13 bits per heavy atom. The van der Waals surface area contributed by atoms with Gasteiger partial charge in [-0.2, -0.15) is 0 Å². The molecule has 0 aromatic carbocycles. The Kier molecular flexibility index (Phi) is 4.63. The number of aromatic nitrogens is 2. The number of hydrogen-bond donors (Lipinski definition) is 2. The Bertz CT molecular complexity index is 718. The maximum atomic E-state index is 11.8. The number of amides is 1. The van der Waals surface area contributed by atoms with Crippen molar-refractivity contribution in [2.45, 2.75) is 20.8 Å². The number of carbonyl (C=O) groups excluding carboxylic acids is 1. The van der Waals surface area contributed by atoms with Crippen LogP contribution in [0.1, 0.15) is 31.3 Å². The van der Waals surface area contributed by atoms with E-state index in [9.17, 15) is 9.59 Å². The lowest BCUT2D eigenvalue weighted by Gasteiger charge is -2.18. The molecule has 0 aliphatic rings. The minimum absolute atomic E-state index is 0.161. The third kappa shape index (κ3) is 4.53. The first-order chi connectivity index (χ1) is 10.8. The van der Waals surface area contributed by atoms with Gasteiger partial charge in [-0.3, -0.25) is 5.32 Å². The minimum atomic E-state index is -1.21. The van der Waals surface area contributed by atoms with E-state index < -0.39 is 12.1 Å². The van der Waals surface area contributed by atoms with Crippen molar-refractivity contribution in [3.8, 4) is 11.3 Å². The molecule has 8 nitrogen and oxygen atoms in total. The fraction of sp³-hybridized carbons (Fsp3) is 0.333. The first-order valence-electron chi connectivity index (χ1n) is 6.85. The minimum Gasteiger partial charge on any atom is -0.476 e. The highest BCUT2D eigenvalue weighted by atomic mass is 16.5. The summed E-state index contributed by atoms with van der Waals surface area (Å²) in [4.78, 5) is 26.7. The maximum absolute atomic E-state index is 11.8. The quantitative estimate of drug-likeness (QED) is 0.890. The molecular formula is C15H17N3O5. The number of nitrogens with zero attached hydrogens (tertiary/aromatic N) is 2. The third-order valence-electron chi connectivity index (χ3n) is 2.66. The van der Waals surface area contributed by atoms with E-state index in [1.807, 2.05) is 20.8 Å². The molecule has 2 heterocycles. The summed E-state index contributed by atoms with van der Waals surface area (Å²) in [7, 11) is 0. The molecule has 122 valence electrons. The Labute approximate surface area is 132 Å². The van der Waals surface area contributed by atoms with Crippen molar-refractivity contribution in [3.63, 3.8) is 0 Å². The third-order valence-corrected chi connectivity index (χ3v) is 2.66. The Morgan fingerprint density at radius 3 is 2.74 bits per heavy atom. The van der Waals surface area contributed by atoms with Crippen LogP contribution in [-0.4, -0.2) is 33.9 Å². The fourth-order valence-corrected chi connectivity index (χ4v) is 1.62. The molecule has 2 aromatic rings. The fourth-order valence-electron chi connectivity index (χ4n) is 1.62. The molecule has 0 spiro atoms. The predicted octanol–water partition coefficient (Wildman–Crippen LogP) is 3.03. The van der Waals surface area contributed by atoms with E-state index in [1.54, 1.807) is 12.1 Å². The van der Waals surface area contributed by atoms with Gasteiger partial charge in [0, 0.05) is 12.3 Å². The average molecular weight is 319 g/mol. The number of anilines is 1. The van der Waals surface area contributed by atoms with Gasteiger partial charge in [0.2, 0.25) is 0 Å². The second-order valence-corrected chi connectivity index (χ2v) is 6.04. The van der Waals surface area contributed by atoms with Crippen molar-refractivity contribution >= 4 is 17.9 Å². The average Bonchev–Trinajstić information content (AvgIpc) is 2.95. The SMILES string of the molecule is CC(C)(C)COC(=O)Nc1ncccc1-c1cc(C(=O)O)no1. The zero-order valence-electron chi connectivity index (χ0n) is 13.0. The van der Waals surface area contributed by atoms with Crippen molar-refractivity contribution in [1.29, 1.82) is 0 Å². The van der Waals surface area contributed by atoms with E-state index in [0.29, 0.717) is 5.56 Å². The molecule has 0 bridgehead atoms. The van der Waals surface area contributed by atoms with E-state index in [1.165, 1.54) is 12.3 Å². The molecule has 0 fully saturated rings. The lowest BCUT2D eigenvalue weighted by molar-refractivity contribution is 0.0685. The number of carboxylic acid groups (broad SMARTS) is 1. The standard InChI is InChI=1S/C15H17N3O5/c1-15(2,3)8-22-14(21)17-12-9(5-4-6-16-12)11-7-10(13(19)20)18-23-11/h4-7H,8H2,1-3H3,(H,19,20)(H,16,17,21). The molecule has 1 amide bonds. The Morgan fingerprint density at radius 1 is 1.39 bits per heavy atom. The summed E-state index contributed by atoms with van der Waals surface area (Å²) in [6.07, 6.45) is 0.829. The number of aromatic carboxylic acids is 1. The highest BCUT2D eigenvalue weighted by molar-refractivity contribution is 5.90. The van der Waals surface area contributed by atoms with Crippen LogP contribution in [0.3, 0.4) is 0 Å². The van der Waals surface area contributed by atoms with E-state index in [2.05, 4.69) is 15.5 Å². The molecule has 0 aliphatic heterocycles. The van der Waals surface area contributed by atoms with Gasteiger partial charge >= 0.3 is 12.1 Å². The van der Waals surface area contributed by atoms with Crippen molar-refractivity contribution < 1.29 is 24.0 Å². The van der Waals surface area contributed by atoms with Gasteiger partial charge in [0.25, 0.3) is 0 Å². The number of ether oxygens (including phenoxy) is 1. The molecule has 0 radical (unpaired) electrons. The molecular weight excluding hydrogens is 302 g/mol. The molecule has 2 rings (SSSR count). The Hall–Kier alpha value is -2.90. The number of rotatable bonds is 4. The molecule has 0 saturated heterocycles. The smallest absolute Gasteiger partial charge is 0.412 e. The van der Waals surface area contributed by atoms with Crippen LogP contribution in [-0.2, 0) is 4.74 Å². The summed E-state index contributed by atoms with van der Waals surface area (Å²) in [6.45, 7) is 6.06. The number of carboxylic acids is 1. The molecule has 0 aliphatic carbocycles. The van der Waals surface area contributed by atoms with Crippen LogP contribution >= 0.6 is 0 Å². The van der Waals surface area contributed by atoms with Crippen LogP contribution in [0.4, 0.5) is 10.6 Å². The zero-order chi connectivity index (χ0) is 17.0. The van der Waals surface area contributed by atoms with Crippen molar-refractivity contribution in [2.24, 2.45) is 5.41 Å². The lowest BCUT2D eigenvalue weighted by Crippen LogP contribution is -2.22. The number of pyridine rings is 1. The van der Waals surface area contributed by atoms with Gasteiger partial charge in [-0.15, -0.1) is 0 Å². The van der Waals surface area contributed by atoms with Crippen LogP contribution in [0.15, 0.2) is 28.9 Å². The van der Waals surface area contributed by atoms with E-state index in [-0.39, 0.29) is 29.3 Å². The monoisotopic (exact) mass is 319 g/mol. The largest absolute Gasteiger partial charge is 0.476 e. The summed E-state index contributed by atoms with van der Waals surface area (Å²) < 4.78 is 10.1. The summed E-state index contributed by atoms with van der Waals surface area (Å²) in [5, 5.41) is 14.8. The molecule has 2 aromatic heterocycles. The van der Waals surface area contributed by atoms with Gasteiger partial charge in [-0.05, 0) is 17.5 Å². The number of nitrogens with one attached hydrogen (secondary N) is 1. The molecule has 8 heteroatoms. The van der Waals surface area contributed by atoms with Gasteiger partial charge in [-0.25, -0.2) is 14.6 Å². The molecule has 0 atom stereocenters. The van der Waals surface area contributed by atoms with Crippen LogP contribution in [0.5, 0.6) is 0 Å². The van der Waals surface area contributed by atoms with E-state index in [4.69, 9.17) is 14.4 Å². The van der Waals surface area contributed by atoms with Crippen molar-refractivity contribution in [2.75, 3.05) is 11.9 Å². The molecule has 0 saturated carbocycles. The maximum Gasteiger partial charge on any atom is 0.412 e. The highest BCUT2D eigenvalue weighted by Crippen LogP contribution is 2.27. The van der Waals surface area contributed by atoms with E-state index >= 15 is 0 Å². The van der Waals surface area contributed by atoms with Crippen molar-refractivity contribution in [3.05, 3.63) is 30.1 Å². The van der Waals surface area contributed by atoms with Gasteiger partial charge in [0.1, 0.15) is 5.82 Å². The van der Waals surface area contributed by atoms with Gasteiger partial charge < -0.3 is 14.4 Å². The topological polar surface area (TPSA) is 115 Å². The van der Waals surface area contributed by atoms with Gasteiger partial charge in [0.05, 0.1) is 12.2 Å². The molecule has 2 N–H and O–H groups in total. The Balaban J connectivity index is 2.17. The second kappa shape index (κ2) is 6.47. The summed E-state index contributed by atoms with van der Waals surface area (Å²) >= 11 is 0.